The topological polar surface area (TPSA) is 77.2 Å². The van der Waals surface area contributed by atoms with E-state index in [0.717, 1.165) is 0 Å². The van der Waals surface area contributed by atoms with Crippen LogP contribution >= 0.6 is 11.6 Å². The predicted molar refractivity (Wildman–Crippen MR) is 51.7 cm³/mol. The van der Waals surface area contributed by atoms with Gasteiger partial charge in [-0.1, -0.05) is 11.6 Å². The first-order valence-electron chi connectivity index (χ1n) is 3.91. The van der Waals surface area contributed by atoms with Crippen LogP contribution in [-0.4, -0.2) is 17.0 Å². The lowest BCUT2D eigenvalue weighted by Crippen LogP contribution is -2.40. The highest BCUT2D eigenvalue weighted by Crippen LogP contribution is 2.16. The second-order valence-corrected chi connectivity index (χ2v) is 3.04. The summed E-state index contributed by atoms with van der Waals surface area (Å²) in [4.78, 5) is 14.8. The minimum absolute atomic E-state index is 0.412. The van der Waals surface area contributed by atoms with Gasteiger partial charge in [0.25, 0.3) is 5.91 Å². The Morgan fingerprint density at radius 1 is 1.71 bits per heavy atom. The van der Waals surface area contributed by atoms with Crippen molar-refractivity contribution in [3.63, 3.8) is 0 Å². The first-order chi connectivity index (χ1) is 6.63. The fraction of sp³-hybridized carbons (Fsp3) is 0.250. The highest BCUT2D eigenvalue weighted by atomic mass is 35.5. The molecule has 0 aliphatic carbocycles. The van der Waals surface area contributed by atoms with Gasteiger partial charge < -0.3 is 4.74 Å². The van der Waals surface area contributed by atoms with Crippen LogP contribution in [0.1, 0.15) is 6.92 Å². The summed E-state index contributed by atoms with van der Waals surface area (Å²) in [6, 6.07) is 1.56. The normalized spacial score (nSPS) is 11.9. The van der Waals surface area contributed by atoms with Gasteiger partial charge in [0, 0.05) is 12.3 Å². The summed E-state index contributed by atoms with van der Waals surface area (Å²) in [6.45, 7) is 1.57. The summed E-state index contributed by atoms with van der Waals surface area (Å²) in [5.41, 5.74) is 1.98. The predicted octanol–water partition coefficient (Wildman–Crippen LogP) is 0.492. The fourth-order valence-electron chi connectivity index (χ4n) is 0.832. The highest BCUT2D eigenvalue weighted by Gasteiger charge is 2.12. The molecule has 0 saturated carbocycles. The number of hydrogen-bond acceptors (Lipinski definition) is 4. The number of nitrogens with one attached hydrogen (secondary N) is 1. The molecule has 14 heavy (non-hydrogen) atoms. The molecule has 0 saturated heterocycles. The monoisotopic (exact) mass is 215 g/mol. The van der Waals surface area contributed by atoms with E-state index in [1.54, 1.807) is 13.0 Å². The molecule has 0 spiro atoms. The van der Waals surface area contributed by atoms with E-state index in [1.807, 2.05) is 5.43 Å². The number of ether oxygens (including phenoxy) is 1. The molecule has 3 N–H and O–H groups in total. The number of nitrogens with two attached hydrogens (primary N) is 1. The zero-order valence-electron chi connectivity index (χ0n) is 7.53. The molecule has 6 heteroatoms. The van der Waals surface area contributed by atoms with Crippen LogP contribution in [0.3, 0.4) is 0 Å². The molecular weight excluding hydrogens is 206 g/mol. The smallest absolute Gasteiger partial charge is 0.274 e. The van der Waals surface area contributed by atoms with Gasteiger partial charge in [0.2, 0.25) is 0 Å². The van der Waals surface area contributed by atoms with Crippen LogP contribution in [0.2, 0.25) is 5.02 Å². The average Bonchev–Trinajstić information content (AvgIpc) is 2.16. The number of aromatic nitrogens is 1. The van der Waals surface area contributed by atoms with Gasteiger partial charge >= 0.3 is 0 Å². The molecule has 0 bridgehead atoms. The third-order valence-corrected chi connectivity index (χ3v) is 1.71. The Labute approximate surface area is 86.2 Å². The maximum absolute atomic E-state index is 11.0. The van der Waals surface area contributed by atoms with E-state index in [-0.39, 0.29) is 0 Å². The van der Waals surface area contributed by atoms with Gasteiger partial charge in [-0.05, 0) is 6.92 Å². The van der Waals surface area contributed by atoms with Gasteiger partial charge in [-0.3, -0.25) is 15.2 Å². The molecule has 0 fully saturated rings. The van der Waals surface area contributed by atoms with Crippen LogP contribution in [0.15, 0.2) is 18.5 Å². The lowest BCUT2D eigenvalue weighted by molar-refractivity contribution is -0.127. The zero-order valence-corrected chi connectivity index (χ0v) is 8.28. The summed E-state index contributed by atoms with van der Waals surface area (Å²) in [7, 11) is 0. The number of hydrogen-bond donors (Lipinski definition) is 2. The average molecular weight is 216 g/mol. The van der Waals surface area contributed by atoms with Crippen molar-refractivity contribution in [2.75, 3.05) is 0 Å². The summed E-state index contributed by atoms with van der Waals surface area (Å²) in [5.74, 6) is 4.95. The van der Waals surface area contributed by atoms with Crippen LogP contribution in [-0.2, 0) is 4.79 Å². The van der Waals surface area contributed by atoms with Crippen molar-refractivity contribution in [3.05, 3.63) is 23.5 Å². The number of amides is 1. The number of halogens is 1. The molecule has 0 aromatic carbocycles. The Kier molecular flexibility index (Phi) is 3.67. The first-order valence-corrected chi connectivity index (χ1v) is 4.29. The maximum Gasteiger partial charge on any atom is 0.274 e. The Bertz CT molecular complexity index is 332. The van der Waals surface area contributed by atoms with Gasteiger partial charge in [-0.15, -0.1) is 0 Å². The quantitative estimate of drug-likeness (QED) is 0.437. The molecule has 1 heterocycles. The number of rotatable bonds is 3. The van der Waals surface area contributed by atoms with Crippen molar-refractivity contribution < 1.29 is 9.53 Å². The molecule has 76 valence electrons. The van der Waals surface area contributed by atoms with Crippen molar-refractivity contribution >= 4 is 17.5 Å². The molecular formula is C8H10ClN3O2. The molecule has 5 nitrogen and oxygen atoms in total. The highest BCUT2D eigenvalue weighted by molar-refractivity contribution is 6.30. The lowest BCUT2D eigenvalue weighted by atomic mass is 10.4. The molecule has 1 atom stereocenters. The summed E-state index contributed by atoms with van der Waals surface area (Å²) in [6.07, 6.45) is 2.26. The molecule has 0 aliphatic heterocycles. The minimum atomic E-state index is -0.680. The van der Waals surface area contributed by atoms with E-state index in [9.17, 15) is 4.79 Å². The van der Waals surface area contributed by atoms with E-state index in [0.29, 0.717) is 10.8 Å². The fourth-order valence-corrected chi connectivity index (χ4v) is 0.996. The van der Waals surface area contributed by atoms with Crippen molar-refractivity contribution in [1.29, 1.82) is 0 Å². The third kappa shape index (κ3) is 2.86. The molecule has 1 rings (SSSR count). The van der Waals surface area contributed by atoms with Crippen LogP contribution in [0.5, 0.6) is 5.75 Å². The number of pyridine rings is 1. The van der Waals surface area contributed by atoms with Gasteiger partial charge in [-0.2, -0.15) is 0 Å². The third-order valence-electron chi connectivity index (χ3n) is 1.50. The van der Waals surface area contributed by atoms with Crippen molar-refractivity contribution in [2.24, 2.45) is 5.84 Å². The maximum atomic E-state index is 11.0. The summed E-state index contributed by atoms with van der Waals surface area (Å²) < 4.78 is 5.21. The standard InChI is InChI=1S/C8H10ClN3O2/c1-5(8(13)12-10)14-7-2-6(9)3-11-4-7/h2-5H,10H2,1H3,(H,12,13). The Morgan fingerprint density at radius 2 is 2.43 bits per heavy atom. The van der Waals surface area contributed by atoms with Crippen LogP contribution < -0.4 is 16.0 Å². The second kappa shape index (κ2) is 4.78. The Hall–Kier alpha value is -1.33. The second-order valence-electron chi connectivity index (χ2n) is 2.61. The number of carbonyl (C=O) groups is 1. The van der Waals surface area contributed by atoms with E-state index in [2.05, 4.69) is 4.98 Å². The van der Waals surface area contributed by atoms with Crippen LogP contribution in [0, 0.1) is 0 Å². The lowest BCUT2D eigenvalue weighted by Gasteiger charge is -2.12. The number of carbonyl (C=O) groups excluding carboxylic acids is 1. The largest absolute Gasteiger partial charge is 0.479 e. The first kappa shape index (κ1) is 10.7. The molecule has 0 radical (unpaired) electrons. The molecule has 0 aliphatic rings. The molecule has 1 amide bonds. The van der Waals surface area contributed by atoms with Gasteiger partial charge in [0.1, 0.15) is 5.75 Å². The summed E-state index contributed by atoms with van der Waals surface area (Å²) >= 11 is 5.67. The molecule has 1 aromatic heterocycles. The van der Waals surface area contributed by atoms with Crippen molar-refractivity contribution in [3.8, 4) is 5.75 Å². The van der Waals surface area contributed by atoms with E-state index in [1.165, 1.54) is 12.4 Å². The summed E-state index contributed by atoms with van der Waals surface area (Å²) in [5, 5.41) is 0.447. The van der Waals surface area contributed by atoms with Crippen molar-refractivity contribution in [1.82, 2.24) is 10.4 Å². The van der Waals surface area contributed by atoms with Crippen LogP contribution in [0.25, 0.3) is 0 Å². The molecule has 1 unspecified atom stereocenters. The van der Waals surface area contributed by atoms with Gasteiger partial charge in [0.15, 0.2) is 6.10 Å². The zero-order chi connectivity index (χ0) is 10.6. The SMILES string of the molecule is CC(Oc1cncc(Cl)c1)C(=O)NN. The van der Waals surface area contributed by atoms with Gasteiger partial charge in [-0.25, -0.2) is 5.84 Å². The van der Waals surface area contributed by atoms with Crippen molar-refractivity contribution in [2.45, 2.75) is 13.0 Å². The minimum Gasteiger partial charge on any atom is -0.479 e. The van der Waals surface area contributed by atoms with E-state index < -0.39 is 12.0 Å². The Balaban J connectivity index is 2.64. The Morgan fingerprint density at radius 3 is 3.00 bits per heavy atom. The van der Waals surface area contributed by atoms with Gasteiger partial charge in [0.05, 0.1) is 11.2 Å². The number of hydrazine groups is 1. The van der Waals surface area contributed by atoms with Crippen LogP contribution in [0.4, 0.5) is 0 Å². The number of nitrogens with zero attached hydrogens (tertiary/aromatic N) is 1. The van der Waals surface area contributed by atoms with E-state index >= 15 is 0 Å². The van der Waals surface area contributed by atoms with E-state index in [4.69, 9.17) is 22.2 Å². The molecule has 1 aromatic rings.